The first-order valence-corrected chi connectivity index (χ1v) is 6.79. The molecule has 6 heteroatoms. The van der Waals surface area contributed by atoms with Crippen molar-refractivity contribution >= 4 is 35.2 Å². The molecule has 0 radical (unpaired) electrons. The van der Waals surface area contributed by atoms with E-state index in [9.17, 15) is 14.4 Å². The van der Waals surface area contributed by atoms with Crippen molar-refractivity contribution in [2.45, 2.75) is 6.92 Å². The highest BCUT2D eigenvalue weighted by Gasteiger charge is 2.36. The predicted molar refractivity (Wildman–Crippen MR) is 80.4 cm³/mol. The lowest BCUT2D eigenvalue weighted by molar-refractivity contribution is -0.151. The SMILES string of the molecule is COc1ccc(Cl)cc1/C=C\C(=O)[C@@H]1C(=O)C=C(C)OC1=O. The van der Waals surface area contributed by atoms with E-state index in [2.05, 4.69) is 0 Å². The predicted octanol–water partition coefficient (Wildman–Crippen LogP) is 2.58. The average molecular weight is 321 g/mol. The van der Waals surface area contributed by atoms with Crippen LogP contribution in [0.4, 0.5) is 0 Å². The normalized spacial score (nSPS) is 18.1. The third kappa shape index (κ3) is 3.43. The van der Waals surface area contributed by atoms with Crippen LogP contribution in [0, 0.1) is 5.92 Å². The molecular formula is C16H13ClO5. The van der Waals surface area contributed by atoms with Crippen LogP contribution in [0.3, 0.4) is 0 Å². The lowest BCUT2D eigenvalue weighted by Crippen LogP contribution is -2.34. The molecule has 1 aromatic rings. The van der Waals surface area contributed by atoms with Crippen molar-refractivity contribution in [1.82, 2.24) is 0 Å². The van der Waals surface area contributed by atoms with Crippen LogP contribution in [-0.4, -0.2) is 24.6 Å². The summed E-state index contributed by atoms with van der Waals surface area (Å²) in [5.74, 6) is -2.86. The van der Waals surface area contributed by atoms with E-state index in [-0.39, 0.29) is 5.76 Å². The Morgan fingerprint density at radius 1 is 1.36 bits per heavy atom. The number of ketones is 2. The quantitative estimate of drug-likeness (QED) is 0.484. The number of ether oxygens (including phenoxy) is 2. The van der Waals surface area contributed by atoms with E-state index < -0.39 is 23.5 Å². The lowest BCUT2D eigenvalue weighted by Gasteiger charge is -2.15. The number of allylic oxidation sites excluding steroid dienone is 3. The first-order chi connectivity index (χ1) is 10.4. The zero-order valence-corrected chi connectivity index (χ0v) is 12.7. The molecule has 1 heterocycles. The first kappa shape index (κ1) is 16.0. The number of halogens is 1. The van der Waals surface area contributed by atoms with E-state index in [0.717, 1.165) is 12.2 Å². The molecule has 0 fully saturated rings. The van der Waals surface area contributed by atoms with E-state index in [1.54, 1.807) is 18.2 Å². The second-order valence-electron chi connectivity index (χ2n) is 4.63. The highest BCUT2D eigenvalue weighted by molar-refractivity contribution is 6.30. The van der Waals surface area contributed by atoms with Crippen molar-refractivity contribution in [1.29, 1.82) is 0 Å². The summed E-state index contributed by atoms with van der Waals surface area (Å²) >= 11 is 5.89. The topological polar surface area (TPSA) is 69.7 Å². The van der Waals surface area contributed by atoms with Crippen LogP contribution in [0.15, 0.2) is 36.1 Å². The lowest BCUT2D eigenvalue weighted by atomic mass is 9.96. The molecule has 1 aromatic carbocycles. The van der Waals surface area contributed by atoms with E-state index in [1.807, 2.05) is 0 Å². The Balaban J connectivity index is 2.24. The molecular weight excluding hydrogens is 308 g/mol. The van der Waals surface area contributed by atoms with Gasteiger partial charge >= 0.3 is 5.97 Å². The highest BCUT2D eigenvalue weighted by Crippen LogP contribution is 2.24. The molecule has 0 N–H and O–H groups in total. The maximum atomic E-state index is 12.1. The molecule has 1 aliphatic rings. The second-order valence-corrected chi connectivity index (χ2v) is 5.07. The van der Waals surface area contributed by atoms with Crippen LogP contribution >= 0.6 is 11.6 Å². The number of methoxy groups -OCH3 is 1. The minimum atomic E-state index is -1.45. The molecule has 0 bridgehead atoms. The van der Waals surface area contributed by atoms with E-state index in [4.69, 9.17) is 21.1 Å². The maximum Gasteiger partial charge on any atom is 0.329 e. The van der Waals surface area contributed by atoms with Crippen LogP contribution < -0.4 is 4.74 Å². The van der Waals surface area contributed by atoms with Crippen molar-refractivity contribution in [2.75, 3.05) is 7.11 Å². The van der Waals surface area contributed by atoms with Crippen molar-refractivity contribution < 1.29 is 23.9 Å². The summed E-state index contributed by atoms with van der Waals surface area (Å²) in [6.45, 7) is 1.48. The van der Waals surface area contributed by atoms with Gasteiger partial charge in [-0.1, -0.05) is 11.6 Å². The van der Waals surface area contributed by atoms with Crippen molar-refractivity contribution in [3.63, 3.8) is 0 Å². The molecule has 1 aliphatic heterocycles. The fourth-order valence-electron chi connectivity index (χ4n) is 2.01. The Morgan fingerprint density at radius 2 is 2.09 bits per heavy atom. The summed E-state index contributed by atoms with van der Waals surface area (Å²) in [6.07, 6.45) is 3.73. The van der Waals surface area contributed by atoms with Gasteiger partial charge in [0.15, 0.2) is 17.5 Å². The number of hydrogen-bond acceptors (Lipinski definition) is 5. The van der Waals surface area contributed by atoms with Crippen LogP contribution in [0.1, 0.15) is 12.5 Å². The summed E-state index contributed by atoms with van der Waals surface area (Å²) in [4.78, 5) is 35.5. The van der Waals surface area contributed by atoms with Crippen molar-refractivity contribution in [3.8, 4) is 5.75 Å². The number of hydrogen-bond donors (Lipinski definition) is 0. The van der Waals surface area contributed by atoms with E-state index >= 15 is 0 Å². The Bertz CT molecular complexity index is 702. The smallest absolute Gasteiger partial charge is 0.329 e. The van der Waals surface area contributed by atoms with Gasteiger partial charge in [0.2, 0.25) is 0 Å². The fraction of sp³-hybridized carbons (Fsp3) is 0.188. The summed E-state index contributed by atoms with van der Waals surface area (Å²) in [5, 5.41) is 0.472. The standard InChI is InChI=1S/C16H13ClO5/c1-9-7-13(19)15(16(20)22-9)12(18)5-3-10-8-11(17)4-6-14(10)21-2/h3-8,15H,1-2H3/b5-3-/t15-/m1/s1. The van der Waals surface area contributed by atoms with Gasteiger partial charge in [0.1, 0.15) is 11.5 Å². The zero-order valence-electron chi connectivity index (χ0n) is 12.0. The number of carbonyl (C=O) groups is 3. The first-order valence-electron chi connectivity index (χ1n) is 6.41. The van der Waals surface area contributed by atoms with Crippen LogP contribution in [0.25, 0.3) is 6.08 Å². The summed E-state index contributed by atoms with van der Waals surface area (Å²) in [6, 6.07) is 4.91. The maximum absolute atomic E-state index is 12.1. The molecule has 5 nitrogen and oxygen atoms in total. The monoisotopic (exact) mass is 320 g/mol. The van der Waals surface area contributed by atoms with Gasteiger partial charge in [-0.05, 0) is 37.3 Å². The number of esters is 1. The van der Waals surface area contributed by atoms with Gasteiger partial charge in [-0.2, -0.15) is 0 Å². The molecule has 0 spiro atoms. The van der Waals surface area contributed by atoms with Crippen molar-refractivity contribution in [2.24, 2.45) is 5.92 Å². The van der Waals surface area contributed by atoms with Gasteiger partial charge < -0.3 is 9.47 Å². The van der Waals surface area contributed by atoms with Crippen LogP contribution in [0.5, 0.6) is 5.75 Å². The third-order valence-electron chi connectivity index (χ3n) is 3.03. The van der Waals surface area contributed by atoms with Gasteiger partial charge in [-0.15, -0.1) is 0 Å². The van der Waals surface area contributed by atoms with Gasteiger partial charge in [-0.3, -0.25) is 14.4 Å². The van der Waals surface area contributed by atoms with Crippen LogP contribution in [-0.2, 0) is 19.1 Å². The largest absolute Gasteiger partial charge is 0.496 e. The number of cyclic esters (lactones) is 1. The molecule has 0 aromatic heterocycles. The summed E-state index contributed by atoms with van der Waals surface area (Å²) in [5.41, 5.74) is 0.562. The summed E-state index contributed by atoms with van der Waals surface area (Å²) < 4.78 is 9.95. The molecule has 0 saturated heterocycles. The molecule has 1 atom stereocenters. The van der Waals surface area contributed by atoms with E-state index in [1.165, 1.54) is 20.1 Å². The molecule has 0 amide bonds. The minimum Gasteiger partial charge on any atom is -0.496 e. The molecule has 0 saturated carbocycles. The highest BCUT2D eigenvalue weighted by atomic mass is 35.5. The number of benzene rings is 1. The number of carbonyl (C=O) groups excluding carboxylic acids is 3. The second kappa shape index (κ2) is 6.58. The molecule has 22 heavy (non-hydrogen) atoms. The van der Waals surface area contributed by atoms with Crippen LogP contribution in [0.2, 0.25) is 5.02 Å². The molecule has 0 aliphatic carbocycles. The molecule has 114 valence electrons. The van der Waals surface area contributed by atoms with Gasteiger partial charge in [0, 0.05) is 16.7 Å². The Labute approximate surface area is 132 Å². The van der Waals surface area contributed by atoms with Gasteiger partial charge in [0.25, 0.3) is 0 Å². The number of rotatable bonds is 4. The Kier molecular flexibility index (Phi) is 4.78. The molecule has 2 rings (SSSR count). The molecule has 0 unspecified atom stereocenters. The average Bonchev–Trinajstić information content (AvgIpc) is 2.44. The van der Waals surface area contributed by atoms with Gasteiger partial charge in [-0.25, -0.2) is 0 Å². The fourth-order valence-corrected chi connectivity index (χ4v) is 2.19. The summed E-state index contributed by atoms with van der Waals surface area (Å²) in [7, 11) is 1.48. The Hall–Kier alpha value is -2.40. The third-order valence-corrected chi connectivity index (χ3v) is 3.27. The Morgan fingerprint density at radius 3 is 2.73 bits per heavy atom. The van der Waals surface area contributed by atoms with E-state index in [0.29, 0.717) is 16.3 Å². The zero-order chi connectivity index (χ0) is 16.3. The van der Waals surface area contributed by atoms with Crippen molar-refractivity contribution in [3.05, 3.63) is 46.7 Å². The van der Waals surface area contributed by atoms with Gasteiger partial charge in [0.05, 0.1) is 7.11 Å². The minimum absolute atomic E-state index is 0.180.